The SMILES string of the molecule is CCOC(=O)c1c(C#N)ccc(CC)c1C. The average Bonchev–Trinajstić information content (AvgIpc) is 2.28. The van der Waals surface area contributed by atoms with Crippen LogP contribution in [0.15, 0.2) is 12.1 Å². The Labute approximate surface area is 95.7 Å². The Morgan fingerprint density at radius 3 is 2.62 bits per heavy atom. The molecular weight excluding hydrogens is 202 g/mol. The summed E-state index contributed by atoms with van der Waals surface area (Å²) in [6.45, 7) is 5.94. The molecule has 0 aromatic heterocycles. The molecule has 84 valence electrons. The second-order valence-electron chi connectivity index (χ2n) is 3.46. The summed E-state index contributed by atoms with van der Waals surface area (Å²) in [5.41, 5.74) is 2.71. The van der Waals surface area contributed by atoms with E-state index >= 15 is 0 Å². The molecule has 0 unspecified atom stereocenters. The summed E-state index contributed by atoms with van der Waals surface area (Å²) in [5.74, 6) is -0.410. The molecule has 0 atom stereocenters. The van der Waals surface area contributed by atoms with Crippen LogP contribution in [0, 0.1) is 18.3 Å². The van der Waals surface area contributed by atoms with Gasteiger partial charge in [0, 0.05) is 0 Å². The van der Waals surface area contributed by atoms with E-state index in [-0.39, 0.29) is 0 Å². The van der Waals surface area contributed by atoms with Crippen LogP contribution >= 0.6 is 0 Å². The highest BCUT2D eigenvalue weighted by molar-refractivity contribution is 5.94. The van der Waals surface area contributed by atoms with Gasteiger partial charge in [-0.25, -0.2) is 4.79 Å². The standard InChI is InChI=1S/C13H15NO2/c1-4-10-6-7-11(8-14)12(9(10)3)13(15)16-5-2/h6-7H,4-5H2,1-3H3. The fourth-order valence-corrected chi connectivity index (χ4v) is 1.70. The highest BCUT2D eigenvalue weighted by Gasteiger charge is 2.17. The van der Waals surface area contributed by atoms with Gasteiger partial charge in [0.05, 0.1) is 17.7 Å². The molecule has 0 spiro atoms. The summed E-state index contributed by atoms with van der Waals surface area (Å²) in [6.07, 6.45) is 0.837. The Morgan fingerprint density at radius 1 is 1.44 bits per heavy atom. The van der Waals surface area contributed by atoms with Gasteiger partial charge in [-0.1, -0.05) is 13.0 Å². The van der Waals surface area contributed by atoms with Crippen molar-refractivity contribution in [1.82, 2.24) is 0 Å². The number of carbonyl (C=O) groups is 1. The first kappa shape index (κ1) is 12.3. The number of carbonyl (C=O) groups excluding carboxylic acids is 1. The number of ether oxygens (including phenoxy) is 1. The predicted molar refractivity (Wildman–Crippen MR) is 61.2 cm³/mol. The number of aryl methyl sites for hydroxylation is 1. The highest BCUT2D eigenvalue weighted by Crippen LogP contribution is 2.19. The van der Waals surface area contributed by atoms with Crippen LogP contribution in [-0.4, -0.2) is 12.6 Å². The van der Waals surface area contributed by atoms with Gasteiger partial charge in [0.15, 0.2) is 0 Å². The molecule has 0 bridgehead atoms. The van der Waals surface area contributed by atoms with Crippen LogP contribution in [-0.2, 0) is 11.2 Å². The number of esters is 1. The minimum atomic E-state index is -0.410. The van der Waals surface area contributed by atoms with Gasteiger partial charge in [0.1, 0.15) is 6.07 Å². The van der Waals surface area contributed by atoms with E-state index in [0.717, 1.165) is 17.5 Å². The maximum Gasteiger partial charge on any atom is 0.339 e. The number of nitrogens with zero attached hydrogens (tertiary/aromatic N) is 1. The molecule has 0 saturated heterocycles. The first-order valence-corrected chi connectivity index (χ1v) is 5.35. The molecule has 0 amide bonds. The molecule has 0 aliphatic rings. The Hall–Kier alpha value is -1.82. The van der Waals surface area contributed by atoms with E-state index in [4.69, 9.17) is 10.00 Å². The third kappa shape index (κ3) is 2.22. The zero-order valence-electron chi connectivity index (χ0n) is 9.83. The lowest BCUT2D eigenvalue weighted by atomic mass is 9.96. The Morgan fingerprint density at radius 2 is 2.12 bits per heavy atom. The molecule has 0 heterocycles. The van der Waals surface area contributed by atoms with Gasteiger partial charge in [-0.05, 0) is 37.5 Å². The molecule has 0 aliphatic carbocycles. The van der Waals surface area contributed by atoms with E-state index in [1.165, 1.54) is 0 Å². The minimum absolute atomic E-state index is 0.319. The summed E-state index contributed by atoms with van der Waals surface area (Å²) in [7, 11) is 0. The smallest absolute Gasteiger partial charge is 0.339 e. The zero-order chi connectivity index (χ0) is 12.1. The average molecular weight is 217 g/mol. The minimum Gasteiger partial charge on any atom is -0.462 e. The Bertz CT molecular complexity index is 444. The maximum absolute atomic E-state index is 11.7. The van der Waals surface area contributed by atoms with Crippen molar-refractivity contribution in [1.29, 1.82) is 5.26 Å². The fraction of sp³-hybridized carbons (Fsp3) is 0.385. The summed E-state index contributed by atoms with van der Waals surface area (Å²) < 4.78 is 4.96. The van der Waals surface area contributed by atoms with Gasteiger partial charge in [-0.2, -0.15) is 5.26 Å². The van der Waals surface area contributed by atoms with Crippen LogP contribution in [0.2, 0.25) is 0 Å². The van der Waals surface area contributed by atoms with E-state index < -0.39 is 5.97 Å². The van der Waals surface area contributed by atoms with Crippen LogP contribution in [0.5, 0.6) is 0 Å². The quantitative estimate of drug-likeness (QED) is 0.731. The van der Waals surface area contributed by atoms with Gasteiger partial charge in [-0.3, -0.25) is 0 Å². The molecule has 0 radical (unpaired) electrons. The molecule has 1 aromatic carbocycles. The van der Waals surface area contributed by atoms with Crippen LogP contribution in [0.1, 0.15) is 40.9 Å². The number of hydrogen-bond donors (Lipinski definition) is 0. The monoisotopic (exact) mass is 217 g/mol. The molecular formula is C13H15NO2. The number of benzene rings is 1. The lowest BCUT2D eigenvalue weighted by Crippen LogP contribution is -2.10. The molecule has 0 N–H and O–H groups in total. The van der Waals surface area contributed by atoms with Gasteiger partial charge >= 0.3 is 5.97 Å². The van der Waals surface area contributed by atoms with Crippen molar-refractivity contribution in [2.24, 2.45) is 0 Å². The largest absolute Gasteiger partial charge is 0.462 e. The lowest BCUT2D eigenvalue weighted by Gasteiger charge is -2.10. The van der Waals surface area contributed by atoms with Crippen molar-refractivity contribution in [3.05, 3.63) is 34.4 Å². The van der Waals surface area contributed by atoms with E-state index in [2.05, 4.69) is 0 Å². The summed E-state index contributed by atoms with van der Waals surface area (Å²) in [4.78, 5) is 11.7. The number of rotatable bonds is 3. The van der Waals surface area contributed by atoms with Crippen LogP contribution < -0.4 is 0 Å². The summed E-state index contributed by atoms with van der Waals surface area (Å²) in [5, 5.41) is 8.97. The first-order chi connectivity index (χ1) is 7.65. The highest BCUT2D eigenvalue weighted by atomic mass is 16.5. The van der Waals surface area contributed by atoms with E-state index in [9.17, 15) is 4.79 Å². The van der Waals surface area contributed by atoms with Gasteiger partial charge in [-0.15, -0.1) is 0 Å². The van der Waals surface area contributed by atoms with Gasteiger partial charge < -0.3 is 4.74 Å². The van der Waals surface area contributed by atoms with Crippen molar-refractivity contribution in [3.63, 3.8) is 0 Å². The summed E-state index contributed by atoms with van der Waals surface area (Å²) >= 11 is 0. The van der Waals surface area contributed by atoms with E-state index in [0.29, 0.717) is 17.7 Å². The van der Waals surface area contributed by atoms with E-state index in [1.54, 1.807) is 13.0 Å². The third-order valence-electron chi connectivity index (χ3n) is 2.56. The van der Waals surface area contributed by atoms with Crippen molar-refractivity contribution in [2.75, 3.05) is 6.61 Å². The normalized spacial score (nSPS) is 9.62. The zero-order valence-corrected chi connectivity index (χ0v) is 9.83. The van der Waals surface area contributed by atoms with Crippen molar-refractivity contribution in [3.8, 4) is 6.07 Å². The van der Waals surface area contributed by atoms with Crippen LogP contribution in [0.4, 0.5) is 0 Å². The maximum atomic E-state index is 11.7. The fourth-order valence-electron chi connectivity index (χ4n) is 1.70. The molecule has 0 saturated carbocycles. The van der Waals surface area contributed by atoms with E-state index in [1.807, 2.05) is 26.0 Å². The molecule has 0 aliphatic heterocycles. The second-order valence-corrected chi connectivity index (χ2v) is 3.46. The molecule has 16 heavy (non-hydrogen) atoms. The van der Waals surface area contributed by atoms with Crippen molar-refractivity contribution >= 4 is 5.97 Å². The number of hydrogen-bond acceptors (Lipinski definition) is 3. The third-order valence-corrected chi connectivity index (χ3v) is 2.56. The molecule has 1 aromatic rings. The van der Waals surface area contributed by atoms with Gasteiger partial charge in [0.2, 0.25) is 0 Å². The number of nitriles is 1. The Kier molecular flexibility index (Phi) is 4.07. The first-order valence-electron chi connectivity index (χ1n) is 5.35. The predicted octanol–water partition coefficient (Wildman–Crippen LogP) is 2.61. The Balaban J connectivity index is 3.33. The van der Waals surface area contributed by atoms with Gasteiger partial charge in [0.25, 0.3) is 0 Å². The second kappa shape index (κ2) is 5.32. The van der Waals surface area contributed by atoms with Crippen molar-refractivity contribution < 1.29 is 9.53 Å². The van der Waals surface area contributed by atoms with Crippen molar-refractivity contribution in [2.45, 2.75) is 27.2 Å². The molecule has 1 rings (SSSR count). The van der Waals surface area contributed by atoms with Crippen LogP contribution in [0.3, 0.4) is 0 Å². The summed E-state index contributed by atoms with van der Waals surface area (Å²) in [6, 6.07) is 5.59. The molecule has 3 nitrogen and oxygen atoms in total. The van der Waals surface area contributed by atoms with Crippen LogP contribution in [0.25, 0.3) is 0 Å². The lowest BCUT2D eigenvalue weighted by molar-refractivity contribution is 0.0525. The topological polar surface area (TPSA) is 50.1 Å². The molecule has 0 fully saturated rings. The molecule has 3 heteroatoms.